The third kappa shape index (κ3) is 41.5. The van der Waals surface area contributed by atoms with E-state index in [0.29, 0.717) is 19.4 Å². The maximum atomic E-state index is 13.0. The molecule has 73 heavy (non-hydrogen) atoms. The van der Waals surface area contributed by atoms with Gasteiger partial charge in [-0.05, 0) is 96.3 Å². The molecule has 0 aromatic carbocycles. The van der Waals surface area contributed by atoms with E-state index in [2.05, 4.69) is 55.6 Å². The number of aliphatic hydroxyl groups is 5. The average Bonchev–Trinajstić information content (AvgIpc) is 3.39. The van der Waals surface area contributed by atoms with Crippen molar-refractivity contribution >= 4 is 11.9 Å². The summed E-state index contributed by atoms with van der Waals surface area (Å²) < 4.78 is 16.7. The number of hydrogen-bond donors (Lipinski definition) is 6. The maximum Gasteiger partial charge on any atom is 0.305 e. The number of unbranched alkanes of at least 4 members (excludes halogenated alkanes) is 32. The van der Waals surface area contributed by atoms with Gasteiger partial charge in [-0.2, -0.15) is 0 Å². The molecule has 0 spiro atoms. The summed E-state index contributed by atoms with van der Waals surface area (Å²) in [5.41, 5.74) is 0. The molecular formula is C62H113NO10. The van der Waals surface area contributed by atoms with E-state index in [4.69, 9.17) is 14.2 Å². The SMILES string of the molecule is CCCCC/C=C/CC/C=C/C(O)C(COC1OC(CO)C(O)C(O)C1O)NC(=O)CCCCCCCCC/C=C\CCCCCCCCCCCOC(=O)CCCCCCC/C=C\CCCCCCCCC. The molecule has 1 heterocycles. The van der Waals surface area contributed by atoms with Crippen LogP contribution >= 0.6 is 0 Å². The van der Waals surface area contributed by atoms with Gasteiger partial charge < -0.3 is 45.1 Å². The third-order valence-electron chi connectivity index (χ3n) is 14.1. The lowest BCUT2D eigenvalue weighted by atomic mass is 9.99. The number of aliphatic hydroxyl groups excluding tert-OH is 5. The molecule has 1 aliphatic heterocycles. The largest absolute Gasteiger partial charge is 0.466 e. The molecule has 0 saturated carbocycles. The maximum absolute atomic E-state index is 13.0. The van der Waals surface area contributed by atoms with Crippen LogP contribution in [0, 0.1) is 0 Å². The molecule has 0 radical (unpaired) electrons. The van der Waals surface area contributed by atoms with Crippen LogP contribution in [-0.4, -0.2) is 100 Å². The Morgan fingerprint density at radius 1 is 0.493 bits per heavy atom. The summed E-state index contributed by atoms with van der Waals surface area (Å²) in [6, 6.07) is -0.833. The van der Waals surface area contributed by atoms with Gasteiger partial charge in [0.1, 0.15) is 24.4 Å². The van der Waals surface area contributed by atoms with Crippen molar-refractivity contribution in [3.05, 3.63) is 48.6 Å². The zero-order valence-electron chi connectivity index (χ0n) is 46.8. The zero-order valence-corrected chi connectivity index (χ0v) is 46.8. The Morgan fingerprint density at radius 2 is 0.890 bits per heavy atom. The van der Waals surface area contributed by atoms with Gasteiger partial charge in [-0.15, -0.1) is 0 Å². The van der Waals surface area contributed by atoms with Crippen LogP contribution in [0.3, 0.4) is 0 Å². The second-order valence-electron chi connectivity index (χ2n) is 21.0. The van der Waals surface area contributed by atoms with Crippen molar-refractivity contribution in [2.24, 2.45) is 0 Å². The first-order chi connectivity index (χ1) is 35.7. The topological polar surface area (TPSA) is 175 Å². The molecule has 1 amide bonds. The summed E-state index contributed by atoms with van der Waals surface area (Å²) >= 11 is 0. The standard InChI is InChI=1S/C62H113NO10/c1-3-5-7-9-11-13-14-15-16-24-27-30-34-38-42-46-50-58(67)71-51-47-43-39-35-31-28-25-22-20-18-17-19-21-23-26-29-33-37-41-45-49-57(66)63-54(55(65)48-44-40-36-32-12-10-8-6-4-2)53-72-62-61(70)60(69)59(68)56(52-64)73-62/h12,16-17,19,24,32,44,48,54-56,59-62,64-65,68-70H,3-11,13-15,18,20-23,25-31,33-43,45-47,49-53H2,1-2H3,(H,63,66)/b19-17-,24-16-,32-12+,48-44+. The van der Waals surface area contributed by atoms with Gasteiger partial charge in [0.25, 0.3) is 0 Å². The Bertz CT molecular complexity index is 1350. The highest BCUT2D eigenvalue weighted by molar-refractivity contribution is 5.76. The molecular weight excluding hydrogens is 919 g/mol. The lowest BCUT2D eigenvalue weighted by Gasteiger charge is -2.40. The van der Waals surface area contributed by atoms with Crippen LogP contribution in [-0.2, 0) is 23.8 Å². The Kier molecular flexibility index (Phi) is 48.6. The van der Waals surface area contributed by atoms with Crippen LogP contribution < -0.4 is 5.32 Å². The Hall–Kier alpha value is -2.38. The number of carbonyl (C=O) groups is 2. The van der Waals surface area contributed by atoms with Gasteiger partial charge in [0.2, 0.25) is 5.91 Å². The minimum Gasteiger partial charge on any atom is -0.466 e. The van der Waals surface area contributed by atoms with Gasteiger partial charge in [0, 0.05) is 12.8 Å². The molecule has 1 saturated heterocycles. The fourth-order valence-corrected chi connectivity index (χ4v) is 9.26. The number of ether oxygens (including phenoxy) is 3. The van der Waals surface area contributed by atoms with Crippen LogP contribution in [0.1, 0.15) is 271 Å². The summed E-state index contributed by atoms with van der Waals surface area (Å²) in [5.74, 6) is -0.220. The lowest BCUT2D eigenvalue weighted by Crippen LogP contribution is -2.60. The second kappa shape index (κ2) is 51.7. The van der Waals surface area contributed by atoms with Gasteiger partial charge in [-0.1, -0.05) is 210 Å². The molecule has 0 aliphatic carbocycles. The molecule has 0 bridgehead atoms. The molecule has 426 valence electrons. The van der Waals surface area contributed by atoms with E-state index < -0.39 is 49.5 Å². The molecule has 7 unspecified atom stereocenters. The third-order valence-corrected chi connectivity index (χ3v) is 14.1. The van der Waals surface area contributed by atoms with Gasteiger partial charge in [0.15, 0.2) is 6.29 Å². The molecule has 1 fully saturated rings. The quantitative estimate of drug-likeness (QED) is 0.0195. The number of hydrogen-bond acceptors (Lipinski definition) is 10. The predicted molar refractivity (Wildman–Crippen MR) is 301 cm³/mol. The monoisotopic (exact) mass is 1030 g/mol. The van der Waals surface area contributed by atoms with Crippen molar-refractivity contribution in [1.29, 1.82) is 0 Å². The predicted octanol–water partition coefficient (Wildman–Crippen LogP) is 14.1. The van der Waals surface area contributed by atoms with E-state index in [1.165, 1.54) is 167 Å². The second-order valence-corrected chi connectivity index (χ2v) is 21.0. The van der Waals surface area contributed by atoms with Crippen molar-refractivity contribution in [2.45, 2.75) is 314 Å². The summed E-state index contributed by atoms with van der Waals surface area (Å²) in [7, 11) is 0. The first-order valence-corrected chi connectivity index (χ1v) is 30.4. The summed E-state index contributed by atoms with van der Waals surface area (Å²) in [6.45, 7) is 4.25. The Labute approximate surface area is 446 Å². The fourth-order valence-electron chi connectivity index (χ4n) is 9.26. The molecule has 7 atom stereocenters. The summed E-state index contributed by atoms with van der Waals surface area (Å²) in [6.07, 6.45) is 55.1. The van der Waals surface area contributed by atoms with Crippen molar-refractivity contribution < 1.29 is 49.3 Å². The number of allylic oxidation sites excluding steroid dienone is 7. The highest BCUT2D eigenvalue weighted by atomic mass is 16.7. The Morgan fingerprint density at radius 3 is 1.38 bits per heavy atom. The normalized spacial score (nSPS) is 19.2. The van der Waals surface area contributed by atoms with Gasteiger partial charge in [0.05, 0.1) is 32.0 Å². The van der Waals surface area contributed by atoms with Crippen LogP contribution in [0.5, 0.6) is 0 Å². The minimum absolute atomic E-state index is 0.0163. The number of carbonyl (C=O) groups excluding carboxylic acids is 2. The first kappa shape index (κ1) is 68.6. The summed E-state index contributed by atoms with van der Waals surface area (Å²) in [5, 5.41) is 54.1. The Balaban J connectivity index is 2.02. The fraction of sp³-hybridized carbons (Fsp3) is 0.839. The van der Waals surface area contributed by atoms with E-state index in [-0.39, 0.29) is 18.5 Å². The van der Waals surface area contributed by atoms with Crippen molar-refractivity contribution in [1.82, 2.24) is 5.32 Å². The van der Waals surface area contributed by atoms with Gasteiger partial charge in [-0.25, -0.2) is 0 Å². The molecule has 11 heteroatoms. The zero-order chi connectivity index (χ0) is 53.1. The summed E-state index contributed by atoms with van der Waals surface area (Å²) in [4.78, 5) is 25.1. The van der Waals surface area contributed by atoms with Crippen molar-refractivity contribution in [2.75, 3.05) is 19.8 Å². The van der Waals surface area contributed by atoms with Crippen LogP contribution in [0.25, 0.3) is 0 Å². The molecule has 0 aromatic heterocycles. The lowest BCUT2D eigenvalue weighted by molar-refractivity contribution is -0.302. The van der Waals surface area contributed by atoms with E-state index in [0.717, 1.165) is 77.0 Å². The molecule has 1 rings (SSSR count). The highest BCUT2D eigenvalue weighted by Crippen LogP contribution is 2.23. The highest BCUT2D eigenvalue weighted by Gasteiger charge is 2.44. The number of rotatable bonds is 52. The smallest absolute Gasteiger partial charge is 0.305 e. The van der Waals surface area contributed by atoms with Crippen LogP contribution in [0.15, 0.2) is 48.6 Å². The number of esters is 1. The number of amides is 1. The average molecular weight is 1030 g/mol. The van der Waals surface area contributed by atoms with Crippen molar-refractivity contribution in [3.63, 3.8) is 0 Å². The molecule has 11 nitrogen and oxygen atoms in total. The number of nitrogens with one attached hydrogen (secondary N) is 1. The van der Waals surface area contributed by atoms with E-state index in [9.17, 15) is 35.1 Å². The first-order valence-electron chi connectivity index (χ1n) is 30.4. The van der Waals surface area contributed by atoms with Gasteiger partial charge >= 0.3 is 5.97 Å². The minimum atomic E-state index is -1.58. The molecule has 0 aromatic rings. The van der Waals surface area contributed by atoms with E-state index >= 15 is 0 Å². The van der Waals surface area contributed by atoms with Crippen LogP contribution in [0.4, 0.5) is 0 Å². The van der Waals surface area contributed by atoms with Crippen LogP contribution in [0.2, 0.25) is 0 Å². The van der Waals surface area contributed by atoms with Crippen molar-refractivity contribution in [3.8, 4) is 0 Å². The van der Waals surface area contributed by atoms with E-state index in [1.807, 2.05) is 6.08 Å². The van der Waals surface area contributed by atoms with Gasteiger partial charge in [-0.3, -0.25) is 9.59 Å². The van der Waals surface area contributed by atoms with E-state index in [1.54, 1.807) is 6.08 Å². The molecule has 1 aliphatic rings. The molecule has 6 N–H and O–H groups in total.